The zero-order valence-electron chi connectivity index (χ0n) is 16.1. The van der Waals surface area contributed by atoms with E-state index in [0.29, 0.717) is 0 Å². The first-order valence-electron chi connectivity index (χ1n) is 9.41. The van der Waals surface area contributed by atoms with Gasteiger partial charge in [-0.05, 0) is 61.6 Å². The molecule has 0 aliphatic heterocycles. The van der Waals surface area contributed by atoms with Gasteiger partial charge in [0, 0.05) is 4.90 Å². The molecule has 0 fully saturated rings. The van der Waals surface area contributed by atoms with E-state index < -0.39 is 12.1 Å². The maximum atomic E-state index is 12.5. The maximum Gasteiger partial charge on any atom is 0.317 e. The van der Waals surface area contributed by atoms with Crippen molar-refractivity contribution in [2.75, 3.05) is 12.9 Å². The zero-order chi connectivity index (χ0) is 19.9. The van der Waals surface area contributed by atoms with E-state index in [1.165, 1.54) is 17.3 Å². The molecule has 28 heavy (non-hydrogen) atoms. The molecule has 0 saturated carbocycles. The zero-order valence-corrected chi connectivity index (χ0v) is 17.0. The number of hydrogen-bond acceptors (Lipinski definition) is 5. The maximum absolute atomic E-state index is 12.5. The van der Waals surface area contributed by atoms with E-state index in [-0.39, 0.29) is 17.7 Å². The minimum Gasteiger partial charge on any atom is -0.497 e. The lowest BCUT2D eigenvalue weighted by molar-refractivity contribution is -0.152. The van der Waals surface area contributed by atoms with Gasteiger partial charge in [0.05, 0.1) is 18.9 Å². The molecule has 0 aromatic heterocycles. The fourth-order valence-electron chi connectivity index (χ4n) is 3.29. The third-order valence-electron chi connectivity index (χ3n) is 4.78. The fourth-order valence-corrected chi connectivity index (χ4v) is 3.97. The Labute approximate surface area is 169 Å². The number of esters is 1. The third-order valence-corrected chi connectivity index (χ3v) is 5.77. The SMILES string of the molecule is COc1ccc(SCC(=O)O[C@H](C)C(=O)N[C@H]2CCCc3ccccc32)cc1. The number of nitrogens with one attached hydrogen (secondary N) is 1. The topological polar surface area (TPSA) is 64.6 Å². The quantitative estimate of drug-likeness (QED) is 0.565. The molecule has 0 spiro atoms. The van der Waals surface area contributed by atoms with Gasteiger partial charge in [0.15, 0.2) is 6.10 Å². The van der Waals surface area contributed by atoms with Crippen LogP contribution in [0.15, 0.2) is 53.4 Å². The molecule has 2 aromatic rings. The van der Waals surface area contributed by atoms with Gasteiger partial charge >= 0.3 is 5.97 Å². The van der Waals surface area contributed by atoms with Crippen LogP contribution in [0.4, 0.5) is 0 Å². The Hall–Kier alpha value is -2.47. The molecule has 1 aliphatic rings. The standard InChI is InChI=1S/C22H25NO4S/c1-15(27-21(24)14-28-18-12-10-17(26-2)11-13-18)22(25)23-20-9-5-7-16-6-3-4-8-19(16)20/h3-4,6,8,10-13,15,20H,5,7,9,14H2,1-2H3,(H,23,25)/t15-,20+/m1/s1. The first-order chi connectivity index (χ1) is 13.6. The molecular formula is C22H25NO4S. The lowest BCUT2D eigenvalue weighted by atomic mass is 9.87. The van der Waals surface area contributed by atoms with E-state index in [4.69, 9.17) is 9.47 Å². The Bertz CT molecular complexity index is 822. The van der Waals surface area contributed by atoms with Crippen molar-refractivity contribution in [3.05, 3.63) is 59.7 Å². The Morgan fingerprint density at radius 2 is 1.93 bits per heavy atom. The number of benzene rings is 2. The molecule has 1 aliphatic carbocycles. The van der Waals surface area contributed by atoms with Crippen LogP contribution in [0.2, 0.25) is 0 Å². The summed E-state index contributed by atoms with van der Waals surface area (Å²) < 4.78 is 10.4. The van der Waals surface area contributed by atoms with E-state index in [1.54, 1.807) is 14.0 Å². The van der Waals surface area contributed by atoms with Crippen LogP contribution in [-0.4, -0.2) is 30.8 Å². The van der Waals surface area contributed by atoms with E-state index in [1.807, 2.05) is 36.4 Å². The van der Waals surface area contributed by atoms with Gasteiger partial charge in [-0.1, -0.05) is 24.3 Å². The van der Waals surface area contributed by atoms with E-state index >= 15 is 0 Å². The first kappa shape index (κ1) is 20.3. The summed E-state index contributed by atoms with van der Waals surface area (Å²) in [6.07, 6.45) is 2.15. The van der Waals surface area contributed by atoms with Crippen LogP contribution in [0.5, 0.6) is 5.75 Å². The van der Waals surface area contributed by atoms with Crippen molar-refractivity contribution < 1.29 is 19.1 Å². The molecule has 148 valence electrons. The average molecular weight is 400 g/mol. The molecule has 0 bridgehead atoms. The number of aryl methyl sites for hydroxylation is 1. The molecule has 2 aromatic carbocycles. The van der Waals surface area contributed by atoms with E-state index in [9.17, 15) is 9.59 Å². The van der Waals surface area contributed by atoms with Gasteiger partial charge in [0.1, 0.15) is 5.75 Å². The normalized spacial score (nSPS) is 16.6. The summed E-state index contributed by atoms with van der Waals surface area (Å²) in [6, 6.07) is 15.6. The summed E-state index contributed by atoms with van der Waals surface area (Å²) in [6.45, 7) is 1.61. The van der Waals surface area contributed by atoms with Gasteiger partial charge in [0.2, 0.25) is 0 Å². The van der Waals surface area contributed by atoms with Crippen LogP contribution in [-0.2, 0) is 20.7 Å². The van der Waals surface area contributed by atoms with Gasteiger partial charge in [-0.25, -0.2) is 0 Å². The Morgan fingerprint density at radius 1 is 1.18 bits per heavy atom. The largest absolute Gasteiger partial charge is 0.497 e. The number of amides is 1. The van der Waals surface area contributed by atoms with Crippen molar-refractivity contribution in [1.82, 2.24) is 5.32 Å². The molecule has 0 radical (unpaired) electrons. The van der Waals surface area contributed by atoms with Crippen LogP contribution in [0, 0.1) is 0 Å². The molecule has 3 rings (SSSR count). The second-order valence-electron chi connectivity index (χ2n) is 6.75. The van der Waals surface area contributed by atoms with Crippen LogP contribution < -0.4 is 10.1 Å². The molecule has 0 heterocycles. The summed E-state index contributed by atoms with van der Waals surface area (Å²) >= 11 is 1.37. The lowest BCUT2D eigenvalue weighted by Gasteiger charge is -2.27. The first-order valence-corrected chi connectivity index (χ1v) is 10.4. The van der Waals surface area contributed by atoms with Crippen molar-refractivity contribution in [2.45, 2.75) is 43.2 Å². The van der Waals surface area contributed by atoms with Crippen molar-refractivity contribution >= 4 is 23.6 Å². The number of carbonyl (C=O) groups excluding carboxylic acids is 2. The van der Waals surface area contributed by atoms with E-state index in [0.717, 1.165) is 35.5 Å². The van der Waals surface area contributed by atoms with Gasteiger partial charge < -0.3 is 14.8 Å². The van der Waals surface area contributed by atoms with Crippen LogP contribution in [0.3, 0.4) is 0 Å². The lowest BCUT2D eigenvalue weighted by Crippen LogP contribution is -2.39. The summed E-state index contributed by atoms with van der Waals surface area (Å²) in [7, 11) is 1.61. The van der Waals surface area contributed by atoms with Gasteiger partial charge in [-0.2, -0.15) is 0 Å². The molecule has 1 N–H and O–H groups in total. The predicted molar refractivity (Wildman–Crippen MR) is 110 cm³/mol. The number of thioether (sulfide) groups is 1. The Morgan fingerprint density at radius 3 is 2.68 bits per heavy atom. The molecular weight excluding hydrogens is 374 g/mol. The number of rotatable bonds is 7. The highest BCUT2D eigenvalue weighted by atomic mass is 32.2. The number of hydrogen-bond donors (Lipinski definition) is 1. The number of ether oxygens (including phenoxy) is 2. The van der Waals surface area contributed by atoms with Gasteiger partial charge in [-0.3, -0.25) is 9.59 Å². The third kappa shape index (κ3) is 5.29. The van der Waals surface area contributed by atoms with Crippen LogP contribution >= 0.6 is 11.8 Å². The Kier molecular flexibility index (Phi) is 6.98. The summed E-state index contributed by atoms with van der Waals surface area (Å²) in [5.74, 6) is 0.245. The Balaban J connectivity index is 1.48. The number of carbonyl (C=O) groups is 2. The second-order valence-corrected chi connectivity index (χ2v) is 7.80. The molecule has 6 heteroatoms. The van der Waals surface area contributed by atoms with Crippen LogP contribution in [0.25, 0.3) is 0 Å². The number of fused-ring (bicyclic) bond motifs is 1. The van der Waals surface area contributed by atoms with Crippen molar-refractivity contribution in [1.29, 1.82) is 0 Å². The minimum absolute atomic E-state index is 0.0210. The monoisotopic (exact) mass is 399 g/mol. The highest BCUT2D eigenvalue weighted by molar-refractivity contribution is 8.00. The predicted octanol–water partition coefficient (Wildman–Crippen LogP) is 3.91. The molecule has 5 nitrogen and oxygen atoms in total. The average Bonchev–Trinajstić information content (AvgIpc) is 2.73. The minimum atomic E-state index is -0.821. The summed E-state index contributed by atoms with van der Waals surface area (Å²) in [5, 5.41) is 3.03. The van der Waals surface area contributed by atoms with Crippen LogP contribution in [0.1, 0.15) is 36.9 Å². The second kappa shape index (κ2) is 9.64. The molecule has 2 atom stereocenters. The fraction of sp³-hybridized carbons (Fsp3) is 0.364. The van der Waals surface area contributed by atoms with Crippen molar-refractivity contribution in [2.24, 2.45) is 0 Å². The molecule has 0 unspecified atom stereocenters. The number of methoxy groups -OCH3 is 1. The highest BCUT2D eigenvalue weighted by Crippen LogP contribution is 2.29. The highest BCUT2D eigenvalue weighted by Gasteiger charge is 2.25. The molecule has 1 amide bonds. The van der Waals surface area contributed by atoms with Crippen molar-refractivity contribution in [3.63, 3.8) is 0 Å². The smallest absolute Gasteiger partial charge is 0.317 e. The van der Waals surface area contributed by atoms with Crippen molar-refractivity contribution in [3.8, 4) is 5.75 Å². The molecule has 0 saturated heterocycles. The van der Waals surface area contributed by atoms with E-state index in [2.05, 4.69) is 17.4 Å². The summed E-state index contributed by atoms with van der Waals surface area (Å²) in [4.78, 5) is 25.5. The van der Waals surface area contributed by atoms with Gasteiger partial charge in [-0.15, -0.1) is 11.8 Å². The van der Waals surface area contributed by atoms with Gasteiger partial charge in [0.25, 0.3) is 5.91 Å². The summed E-state index contributed by atoms with van der Waals surface area (Å²) in [5.41, 5.74) is 2.44.